The number of hydrogen-bond donors (Lipinski definition) is 2. The van der Waals surface area contributed by atoms with Crippen molar-refractivity contribution in [2.24, 2.45) is 17.3 Å². The van der Waals surface area contributed by atoms with E-state index in [1.54, 1.807) is 0 Å². The number of esters is 1. The summed E-state index contributed by atoms with van der Waals surface area (Å²) in [7, 11) is 0. The molecule has 0 aromatic heterocycles. The summed E-state index contributed by atoms with van der Waals surface area (Å²) < 4.78 is 5.38. The van der Waals surface area contributed by atoms with E-state index >= 15 is 0 Å². The number of ether oxygens (including phenoxy) is 1. The van der Waals surface area contributed by atoms with Crippen molar-refractivity contribution in [2.45, 2.75) is 47.0 Å². The Hall–Kier alpha value is -0.900. The van der Waals surface area contributed by atoms with E-state index in [4.69, 9.17) is 10.1 Å². The highest BCUT2D eigenvalue weighted by Gasteiger charge is 2.27. The van der Waals surface area contributed by atoms with Crippen LogP contribution in [0.1, 0.15) is 47.0 Å². The number of nitrogens with one attached hydrogen (secondary N) is 2. The Balaban J connectivity index is 2.48. The van der Waals surface area contributed by atoms with Gasteiger partial charge in [-0.05, 0) is 59.0 Å². The molecule has 0 saturated carbocycles. The molecule has 0 amide bonds. The van der Waals surface area contributed by atoms with Crippen LogP contribution in [0.25, 0.3) is 0 Å². The first-order valence-corrected chi connectivity index (χ1v) is 7.32. The van der Waals surface area contributed by atoms with Crippen LogP contribution in [0.5, 0.6) is 0 Å². The Morgan fingerprint density at radius 1 is 1.37 bits per heavy atom. The first kappa shape index (κ1) is 16.2. The van der Waals surface area contributed by atoms with Gasteiger partial charge < -0.3 is 15.5 Å². The molecule has 0 aliphatic carbocycles. The Morgan fingerprint density at radius 3 is 2.42 bits per heavy atom. The van der Waals surface area contributed by atoms with E-state index in [0.29, 0.717) is 12.5 Å². The van der Waals surface area contributed by atoms with Gasteiger partial charge in [-0.15, -0.1) is 0 Å². The largest absolute Gasteiger partial charge is 0.465 e. The minimum absolute atomic E-state index is 0.0781. The molecule has 4 heteroatoms. The monoisotopic (exact) mass is 268 g/mol. The lowest BCUT2D eigenvalue weighted by molar-refractivity contribution is -0.153. The van der Waals surface area contributed by atoms with Crippen molar-refractivity contribution in [1.29, 1.82) is 5.41 Å². The maximum absolute atomic E-state index is 11.8. The number of carbonyl (C=O) groups excluding carboxylic acids is 1. The predicted octanol–water partition coefficient (Wildman–Crippen LogP) is 2.62. The van der Waals surface area contributed by atoms with Crippen molar-refractivity contribution in [1.82, 2.24) is 5.32 Å². The third-order valence-electron chi connectivity index (χ3n) is 3.74. The smallest absolute Gasteiger partial charge is 0.311 e. The molecule has 0 aromatic carbocycles. The lowest BCUT2D eigenvalue weighted by atomic mass is 9.84. The third kappa shape index (κ3) is 4.94. The summed E-state index contributed by atoms with van der Waals surface area (Å²) in [5.74, 6) is 0.262. The van der Waals surface area contributed by atoms with Gasteiger partial charge in [-0.1, -0.05) is 6.92 Å². The summed E-state index contributed by atoms with van der Waals surface area (Å²) in [6, 6.07) is 0. The van der Waals surface area contributed by atoms with Crippen LogP contribution in [0.3, 0.4) is 0 Å². The van der Waals surface area contributed by atoms with Gasteiger partial charge in [0.05, 0.1) is 12.0 Å². The van der Waals surface area contributed by atoms with E-state index in [0.717, 1.165) is 38.1 Å². The quantitative estimate of drug-likeness (QED) is 0.595. The van der Waals surface area contributed by atoms with Crippen LogP contribution in [0.2, 0.25) is 0 Å². The van der Waals surface area contributed by atoms with Crippen LogP contribution in [-0.2, 0) is 9.53 Å². The van der Waals surface area contributed by atoms with Gasteiger partial charge in [0.25, 0.3) is 0 Å². The van der Waals surface area contributed by atoms with E-state index in [1.807, 2.05) is 20.8 Å². The molecule has 1 atom stereocenters. The molecule has 1 aliphatic rings. The van der Waals surface area contributed by atoms with Gasteiger partial charge in [0.15, 0.2) is 0 Å². The molecular weight excluding hydrogens is 240 g/mol. The van der Waals surface area contributed by atoms with Gasteiger partial charge in [0.1, 0.15) is 0 Å². The van der Waals surface area contributed by atoms with E-state index in [2.05, 4.69) is 12.2 Å². The minimum atomic E-state index is -0.463. The summed E-state index contributed by atoms with van der Waals surface area (Å²) >= 11 is 0. The summed E-state index contributed by atoms with van der Waals surface area (Å²) in [6.45, 7) is 9.97. The van der Waals surface area contributed by atoms with Crippen molar-refractivity contribution in [3.8, 4) is 0 Å². The van der Waals surface area contributed by atoms with Crippen molar-refractivity contribution in [2.75, 3.05) is 19.7 Å². The Kier molecular flexibility index (Phi) is 5.98. The normalized spacial score (nSPS) is 18.9. The molecule has 2 N–H and O–H groups in total. The fraction of sp³-hybridized carbons (Fsp3) is 0.867. The highest BCUT2D eigenvalue weighted by atomic mass is 16.5. The van der Waals surface area contributed by atoms with Crippen LogP contribution in [-0.4, -0.2) is 31.4 Å². The molecule has 0 spiro atoms. The number of hydrogen-bond acceptors (Lipinski definition) is 4. The fourth-order valence-electron chi connectivity index (χ4n) is 2.29. The summed E-state index contributed by atoms with van der Waals surface area (Å²) in [6.07, 6.45) is 2.92. The number of carbonyl (C=O) groups is 1. The minimum Gasteiger partial charge on any atom is -0.465 e. The topological polar surface area (TPSA) is 62.2 Å². The molecule has 1 aliphatic heterocycles. The number of rotatable bonds is 5. The average Bonchev–Trinajstić information content (AvgIpc) is 2.38. The zero-order valence-electron chi connectivity index (χ0n) is 12.7. The second-order valence-electron chi connectivity index (χ2n) is 6.43. The Labute approximate surface area is 116 Å². The van der Waals surface area contributed by atoms with Gasteiger partial charge in [0, 0.05) is 11.6 Å². The standard InChI is InChI=1S/C15H28N2O2/c1-5-11(10-19-14(18)15(2,3)4)13(16)12-6-8-17-9-7-12/h11-12,16-17H,5-10H2,1-4H3/t11-/m0/s1. The third-order valence-corrected chi connectivity index (χ3v) is 3.74. The first-order chi connectivity index (χ1) is 8.86. The molecule has 0 unspecified atom stereocenters. The second kappa shape index (κ2) is 7.04. The average molecular weight is 268 g/mol. The fourth-order valence-corrected chi connectivity index (χ4v) is 2.29. The van der Waals surface area contributed by atoms with E-state index in [9.17, 15) is 4.79 Å². The highest BCUT2D eigenvalue weighted by Crippen LogP contribution is 2.22. The maximum Gasteiger partial charge on any atom is 0.311 e. The van der Waals surface area contributed by atoms with Gasteiger partial charge in [-0.25, -0.2) is 0 Å². The molecule has 1 heterocycles. The molecule has 0 aromatic rings. The maximum atomic E-state index is 11.8. The van der Waals surface area contributed by atoms with Crippen LogP contribution < -0.4 is 5.32 Å². The summed E-state index contributed by atoms with van der Waals surface area (Å²) in [5.41, 5.74) is 0.306. The first-order valence-electron chi connectivity index (χ1n) is 7.32. The van der Waals surface area contributed by atoms with Gasteiger partial charge in [0.2, 0.25) is 0 Å². The summed E-state index contributed by atoms with van der Waals surface area (Å²) in [5, 5.41) is 11.6. The van der Waals surface area contributed by atoms with Gasteiger partial charge in [-0.2, -0.15) is 0 Å². The second-order valence-corrected chi connectivity index (χ2v) is 6.43. The SMILES string of the molecule is CC[C@@H](COC(=O)C(C)(C)C)C(=N)C1CCNCC1. The predicted molar refractivity (Wildman–Crippen MR) is 77.5 cm³/mol. The molecule has 4 nitrogen and oxygen atoms in total. The Morgan fingerprint density at radius 2 is 1.95 bits per heavy atom. The van der Waals surface area contributed by atoms with Crippen LogP contribution in [0.4, 0.5) is 0 Å². The van der Waals surface area contributed by atoms with E-state index < -0.39 is 5.41 Å². The molecule has 110 valence electrons. The highest BCUT2D eigenvalue weighted by molar-refractivity contribution is 5.86. The zero-order valence-corrected chi connectivity index (χ0v) is 12.7. The van der Waals surface area contributed by atoms with E-state index in [1.165, 1.54) is 0 Å². The molecule has 19 heavy (non-hydrogen) atoms. The molecule has 1 rings (SSSR count). The molecule has 0 bridgehead atoms. The molecule has 1 saturated heterocycles. The van der Waals surface area contributed by atoms with Crippen molar-refractivity contribution < 1.29 is 9.53 Å². The lowest BCUT2D eigenvalue weighted by Crippen LogP contribution is -2.36. The lowest BCUT2D eigenvalue weighted by Gasteiger charge is -2.28. The molecule has 0 radical (unpaired) electrons. The molecule has 1 fully saturated rings. The summed E-state index contributed by atoms with van der Waals surface area (Å²) in [4.78, 5) is 11.8. The van der Waals surface area contributed by atoms with E-state index in [-0.39, 0.29) is 11.9 Å². The van der Waals surface area contributed by atoms with Crippen LogP contribution in [0.15, 0.2) is 0 Å². The van der Waals surface area contributed by atoms with Gasteiger partial charge in [-0.3, -0.25) is 4.79 Å². The van der Waals surface area contributed by atoms with Gasteiger partial charge >= 0.3 is 5.97 Å². The number of piperidine rings is 1. The van der Waals surface area contributed by atoms with Crippen LogP contribution >= 0.6 is 0 Å². The zero-order chi connectivity index (χ0) is 14.5. The van der Waals surface area contributed by atoms with Crippen molar-refractivity contribution in [3.63, 3.8) is 0 Å². The molecular formula is C15H28N2O2. The van der Waals surface area contributed by atoms with Crippen molar-refractivity contribution in [3.05, 3.63) is 0 Å². The van der Waals surface area contributed by atoms with Crippen molar-refractivity contribution >= 4 is 11.7 Å². The Bertz CT molecular complexity index is 315. The van der Waals surface area contributed by atoms with Crippen LogP contribution in [0, 0.1) is 22.7 Å².